The number of piperazine rings is 1. The molecule has 1 spiro atoms. The Morgan fingerprint density at radius 2 is 1.88 bits per heavy atom. The molecule has 2 saturated carbocycles. The van der Waals surface area contributed by atoms with Gasteiger partial charge in [-0.05, 0) is 31.6 Å². The van der Waals surface area contributed by atoms with Crippen molar-refractivity contribution in [3.8, 4) is 0 Å². The molecule has 3 rings (SSSR count). The third-order valence-corrected chi connectivity index (χ3v) is 5.59. The van der Waals surface area contributed by atoms with E-state index in [0.29, 0.717) is 5.54 Å². The van der Waals surface area contributed by atoms with Crippen LogP contribution in [0.25, 0.3) is 0 Å². The molecule has 98 valence electrons. The quantitative estimate of drug-likeness (QED) is 0.753. The molecule has 2 heteroatoms. The molecule has 2 unspecified atom stereocenters. The molecule has 1 heterocycles. The number of hydrogen-bond donors (Lipinski definition) is 1. The number of nitrogens with one attached hydrogen (secondary N) is 1. The Morgan fingerprint density at radius 1 is 1.06 bits per heavy atom. The van der Waals surface area contributed by atoms with E-state index in [0.717, 1.165) is 12.0 Å². The molecule has 3 aliphatic rings. The average molecular weight is 236 g/mol. The third kappa shape index (κ3) is 2.15. The largest absolute Gasteiger partial charge is 0.314 e. The fourth-order valence-electron chi connectivity index (χ4n) is 4.64. The van der Waals surface area contributed by atoms with Crippen molar-refractivity contribution in [2.24, 2.45) is 5.92 Å². The van der Waals surface area contributed by atoms with Crippen LogP contribution in [0.1, 0.15) is 58.3 Å². The number of rotatable bonds is 1. The molecule has 3 fully saturated rings. The van der Waals surface area contributed by atoms with Crippen molar-refractivity contribution >= 4 is 0 Å². The van der Waals surface area contributed by atoms with Gasteiger partial charge in [0.2, 0.25) is 0 Å². The smallest absolute Gasteiger partial charge is 0.0337 e. The minimum atomic E-state index is 0.541. The molecule has 0 bridgehead atoms. The summed E-state index contributed by atoms with van der Waals surface area (Å²) < 4.78 is 0. The molecule has 0 aromatic heterocycles. The number of hydrogen-bond acceptors (Lipinski definition) is 2. The first kappa shape index (κ1) is 12.0. The summed E-state index contributed by atoms with van der Waals surface area (Å²) in [5.41, 5.74) is 0.541. The molecular formula is C15H28N2. The zero-order chi connectivity index (χ0) is 11.7. The Kier molecular flexibility index (Phi) is 3.45. The van der Waals surface area contributed by atoms with Crippen LogP contribution in [0.3, 0.4) is 0 Å². The zero-order valence-corrected chi connectivity index (χ0v) is 11.4. The fraction of sp³-hybridized carbons (Fsp3) is 1.00. The molecule has 1 N–H and O–H groups in total. The van der Waals surface area contributed by atoms with Gasteiger partial charge in [0.25, 0.3) is 0 Å². The highest BCUT2D eigenvalue weighted by Gasteiger charge is 2.44. The predicted octanol–water partition coefficient (Wildman–Crippen LogP) is 2.78. The Labute approximate surface area is 106 Å². The molecular weight excluding hydrogens is 208 g/mol. The first-order valence-electron chi connectivity index (χ1n) is 7.79. The lowest BCUT2D eigenvalue weighted by Gasteiger charge is -2.53. The zero-order valence-electron chi connectivity index (χ0n) is 11.4. The van der Waals surface area contributed by atoms with Crippen LogP contribution in [0.5, 0.6) is 0 Å². The van der Waals surface area contributed by atoms with Crippen molar-refractivity contribution in [3.63, 3.8) is 0 Å². The Balaban J connectivity index is 1.79. The maximum absolute atomic E-state index is 3.67. The second-order valence-electron chi connectivity index (χ2n) is 6.63. The SMILES string of the molecule is CC1CCCC1N1CCNCC12CCCCC2. The lowest BCUT2D eigenvalue weighted by atomic mass is 9.77. The van der Waals surface area contributed by atoms with Crippen molar-refractivity contribution < 1.29 is 0 Å². The van der Waals surface area contributed by atoms with Gasteiger partial charge < -0.3 is 5.32 Å². The molecule has 2 atom stereocenters. The van der Waals surface area contributed by atoms with E-state index in [4.69, 9.17) is 0 Å². The maximum atomic E-state index is 3.67. The van der Waals surface area contributed by atoms with Crippen molar-refractivity contribution in [1.29, 1.82) is 0 Å². The van der Waals surface area contributed by atoms with Crippen molar-refractivity contribution in [3.05, 3.63) is 0 Å². The first-order chi connectivity index (χ1) is 8.32. The molecule has 0 aromatic carbocycles. The van der Waals surface area contributed by atoms with Gasteiger partial charge >= 0.3 is 0 Å². The van der Waals surface area contributed by atoms with Gasteiger partial charge in [0, 0.05) is 31.2 Å². The minimum absolute atomic E-state index is 0.541. The van der Waals surface area contributed by atoms with Gasteiger partial charge in [0.15, 0.2) is 0 Å². The molecule has 2 aliphatic carbocycles. The standard InChI is InChI=1S/C15H28N2/c1-13-6-5-7-14(13)17-11-10-16-12-15(17)8-3-2-4-9-15/h13-14,16H,2-12H2,1H3. The average Bonchev–Trinajstić information content (AvgIpc) is 2.77. The molecule has 17 heavy (non-hydrogen) atoms. The van der Waals surface area contributed by atoms with Gasteiger partial charge in [-0.2, -0.15) is 0 Å². The second kappa shape index (κ2) is 4.89. The molecule has 0 radical (unpaired) electrons. The van der Waals surface area contributed by atoms with Crippen molar-refractivity contribution in [1.82, 2.24) is 10.2 Å². The molecule has 0 amide bonds. The number of nitrogens with zero attached hydrogens (tertiary/aromatic N) is 1. The van der Waals surface area contributed by atoms with Crippen LogP contribution in [0, 0.1) is 5.92 Å². The van der Waals surface area contributed by atoms with Gasteiger partial charge in [-0.3, -0.25) is 4.90 Å². The summed E-state index contributed by atoms with van der Waals surface area (Å²) in [6.07, 6.45) is 11.7. The molecule has 1 aliphatic heterocycles. The van der Waals surface area contributed by atoms with Gasteiger partial charge in [-0.15, -0.1) is 0 Å². The van der Waals surface area contributed by atoms with E-state index in [9.17, 15) is 0 Å². The van der Waals surface area contributed by atoms with E-state index in [1.54, 1.807) is 0 Å². The van der Waals surface area contributed by atoms with Gasteiger partial charge in [-0.25, -0.2) is 0 Å². The highest BCUT2D eigenvalue weighted by Crippen LogP contribution is 2.40. The highest BCUT2D eigenvalue weighted by molar-refractivity contribution is 5.02. The van der Waals surface area contributed by atoms with Crippen LogP contribution < -0.4 is 5.32 Å². The topological polar surface area (TPSA) is 15.3 Å². The van der Waals surface area contributed by atoms with E-state index < -0.39 is 0 Å². The van der Waals surface area contributed by atoms with E-state index >= 15 is 0 Å². The maximum Gasteiger partial charge on any atom is 0.0337 e. The van der Waals surface area contributed by atoms with E-state index in [-0.39, 0.29) is 0 Å². The summed E-state index contributed by atoms with van der Waals surface area (Å²) in [6.45, 7) is 6.26. The Morgan fingerprint density at radius 3 is 2.59 bits per heavy atom. The summed E-state index contributed by atoms with van der Waals surface area (Å²) in [4.78, 5) is 2.94. The lowest BCUT2D eigenvalue weighted by molar-refractivity contribution is -0.0170. The van der Waals surface area contributed by atoms with Crippen LogP contribution in [-0.4, -0.2) is 36.1 Å². The Hall–Kier alpha value is -0.0800. The summed E-state index contributed by atoms with van der Waals surface area (Å²) in [5.74, 6) is 0.937. The molecule has 0 aromatic rings. The van der Waals surface area contributed by atoms with Crippen molar-refractivity contribution in [2.45, 2.75) is 69.9 Å². The highest BCUT2D eigenvalue weighted by atomic mass is 15.3. The molecule has 2 nitrogen and oxygen atoms in total. The first-order valence-corrected chi connectivity index (χ1v) is 7.79. The summed E-state index contributed by atoms with van der Waals surface area (Å²) in [6, 6.07) is 0.898. The van der Waals surface area contributed by atoms with Crippen LogP contribution in [0.2, 0.25) is 0 Å². The third-order valence-electron chi connectivity index (χ3n) is 5.59. The van der Waals surface area contributed by atoms with Crippen molar-refractivity contribution in [2.75, 3.05) is 19.6 Å². The van der Waals surface area contributed by atoms with Crippen LogP contribution in [0.4, 0.5) is 0 Å². The predicted molar refractivity (Wildman–Crippen MR) is 72.2 cm³/mol. The fourth-order valence-corrected chi connectivity index (χ4v) is 4.64. The second-order valence-corrected chi connectivity index (χ2v) is 6.63. The summed E-state index contributed by atoms with van der Waals surface area (Å²) in [5, 5.41) is 3.67. The van der Waals surface area contributed by atoms with E-state index in [2.05, 4.69) is 17.1 Å². The molecule has 1 saturated heterocycles. The van der Waals surface area contributed by atoms with Crippen LogP contribution in [0.15, 0.2) is 0 Å². The Bertz CT molecular complexity index is 249. The minimum Gasteiger partial charge on any atom is -0.314 e. The summed E-state index contributed by atoms with van der Waals surface area (Å²) >= 11 is 0. The lowest BCUT2D eigenvalue weighted by Crippen LogP contribution is -2.65. The monoisotopic (exact) mass is 236 g/mol. The van der Waals surface area contributed by atoms with Gasteiger partial charge in [-0.1, -0.05) is 32.6 Å². The van der Waals surface area contributed by atoms with E-state index in [1.807, 2.05) is 0 Å². The van der Waals surface area contributed by atoms with E-state index in [1.165, 1.54) is 71.0 Å². The summed E-state index contributed by atoms with van der Waals surface area (Å²) in [7, 11) is 0. The van der Waals surface area contributed by atoms with Crippen LogP contribution >= 0.6 is 0 Å². The normalized spacial score (nSPS) is 38.6. The van der Waals surface area contributed by atoms with Gasteiger partial charge in [0.05, 0.1) is 0 Å². The van der Waals surface area contributed by atoms with Crippen LogP contribution in [-0.2, 0) is 0 Å². The van der Waals surface area contributed by atoms with Gasteiger partial charge in [0.1, 0.15) is 0 Å².